The van der Waals surface area contributed by atoms with Gasteiger partial charge in [0.15, 0.2) is 0 Å². The lowest BCUT2D eigenvalue weighted by Gasteiger charge is -2.13. The number of rotatable bonds is 12. The predicted octanol–water partition coefficient (Wildman–Crippen LogP) is 3.80. The Bertz CT molecular complexity index is 530. The van der Waals surface area contributed by atoms with Crippen LogP contribution in [0.1, 0.15) is 75.5 Å². The van der Waals surface area contributed by atoms with Crippen LogP contribution in [0.25, 0.3) is 6.08 Å². The first-order valence-electron chi connectivity index (χ1n) is 9.11. The van der Waals surface area contributed by atoms with Crippen molar-refractivity contribution in [2.24, 2.45) is 0 Å². The smallest absolute Gasteiger partial charge is 0.305 e. The van der Waals surface area contributed by atoms with E-state index in [1.165, 1.54) is 7.11 Å². The number of pyridine rings is 1. The number of carbonyl (C=O) groups excluding carboxylic acids is 1. The van der Waals surface area contributed by atoms with Crippen LogP contribution in [0.15, 0.2) is 24.5 Å². The summed E-state index contributed by atoms with van der Waals surface area (Å²) >= 11 is 0. The van der Waals surface area contributed by atoms with Crippen molar-refractivity contribution in [2.45, 2.75) is 70.5 Å². The summed E-state index contributed by atoms with van der Waals surface area (Å²) in [5, 5.41) is 20.3. The number of aliphatic hydroxyl groups excluding tert-OH is 2. The summed E-state index contributed by atoms with van der Waals surface area (Å²) in [5.41, 5.74) is 1.63. The van der Waals surface area contributed by atoms with Crippen molar-refractivity contribution in [1.29, 1.82) is 0 Å². The molecule has 1 heterocycles. The molecule has 0 bridgehead atoms. The molecule has 0 fully saturated rings. The number of unbranched alkanes of at least 4 members (excludes halogenated alkanes) is 2. The van der Waals surface area contributed by atoms with E-state index in [0.717, 1.165) is 36.8 Å². The van der Waals surface area contributed by atoms with Crippen molar-refractivity contribution in [3.63, 3.8) is 0 Å². The number of aromatic nitrogens is 1. The zero-order valence-corrected chi connectivity index (χ0v) is 15.4. The van der Waals surface area contributed by atoms with Gasteiger partial charge >= 0.3 is 5.97 Å². The van der Waals surface area contributed by atoms with Crippen LogP contribution in [0.4, 0.5) is 0 Å². The van der Waals surface area contributed by atoms with Crippen LogP contribution in [-0.2, 0) is 9.53 Å². The van der Waals surface area contributed by atoms with Gasteiger partial charge in [-0.1, -0.05) is 38.3 Å². The van der Waals surface area contributed by atoms with Gasteiger partial charge in [-0.25, -0.2) is 0 Å². The van der Waals surface area contributed by atoms with Crippen LogP contribution in [0, 0.1) is 0 Å². The van der Waals surface area contributed by atoms with E-state index in [4.69, 9.17) is 0 Å². The molecule has 25 heavy (non-hydrogen) atoms. The number of methoxy groups -OCH3 is 1. The third-order valence-electron chi connectivity index (χ3n) is 4.18. The Morgan fingerprint density at radius 1 is 1.28 bits per heavy atom. The standard InChI is InChI=1S/C20H31NO4/c1-3-4-5-9-17(22)10-6-8-16-15-21-14-13-18(16)19(23)11-7-12-20(24)25-2/h6,8,13-15,17,19,22-23H,3-5,7,9-12H2,1-2H3/b8-6+. The highest BCUT2D eigenvalue weighted by Gasteiger charge is 2.12. The van der Waals surface area contributed by atoms with Crippen LogP contribution < -0.4 is 0 Å². The molecule has 0 aliphatic carbocycles. The van der Waals surface area contributed by atoms with Gasteiger partial charge in [-0.15, -0.1) is 0 Å². The minimum atomic E-state index is -0.651. The number of aliphatic hydroxyl groups is 2. The monoisotopic (exact) mass is 349 g/mol. The predicted molar refractivity (Wildman–Crippen MR) is 98.9 cm³/mol. The van der Waals surface area contributed by atoms with E-state index in [9.17, 15) is 15.0 Å². The minimum absolute atomic E-state index is 0.265. The molecular weight excluding hydrogens is 318 g/mol. The molecule has 0 saturated heterocycles. The normalized spacial score (nSPS) is 13.8. The highest BCUT2D eigenvalue weighted by Crippen LogP contribution is 2.23. The van der Waals surface area contributed by atoms with Crippen molar-refractivity contribution in [3.8, 4) is 0 Å². The topological polar surface area (TPSA) is 79.7 Å². The Hall–Kier alpha value is -1.72. The Morgan fingerprint density at radius 2 is 2.08 bits per heavy atom. The third kappa shape index (κ3) is 8.79. The minimum Gasteiger partial charge on any atom is -0.469 e. The van der Waals surface area contributed by atoms with E-state index < -0.39 is 6.10 Å². The molecule has 0 amide bonds. The van der Waals surface area contributed by atoms with Crippen molar-refractivity contribution in [1.82, 2.24) is 4.98 Å². The van der Waals surface area contributed by atoms with Crippen LogP contribution in [0.5, 0.6) is 0 Å². The summed E-state index contributed by atoms with van der Waals surface area (Å²) in [6.07, 6.45) is 12.3. The Labute approximate surface area is 150 Å². The van der Waals surface area contributed by atoms with Crippen LogP contribution >= 0.6 is 0 Å². The first-order valence-corrected chi connectivity index (χ1v) is 9.11. The number of nitrogens with zero attached hydrogens (tertiary/aromatic N) is 1. The molecule has 140 valence electrons. The quantitative estimate of drug-likeness (QED) is 0.443. The highest BCUT2D eigenvalue weighted by molar-refractivity contribution is 5.69. The van der Waals surface area contributed by atoms with Crippen molar-refractivity contribution in [3.05, 3.63) is 35.7 Å². The molecule has 2 N–H and O–H groups in total. The van der Waals surface area contributed by atoms with Crippen molar-refractivity contribution in [2.75, 3.05) is 7.11 Å². The lowest BCUT2D eigenvalue weighted by molar-refractivity contribution is -0.140. The van der Waals surface area contributed by atoms with Gasteiger partial charge in [0.1, 0.15) is 0 Å². The molecular formula is C20H31NO4. The van der Waals surface area contributed by atoms with E-state index in [1.807, 2.05) is 12.2 Å². The molecule has 0 radical (unpaired) electrons. The fraction of sp³-hybridized carbons (Fsp3) is 0.600. The van der Waals surface area contributed by atoms with E-state index in [2.05, 4.69) is 16.6 Å². The molecule has 0 aliphatic heterocycles. The van der Waals surface area contributed by atoms with Gasteiger partial charge in [0.05, 0.1) is 19.3 Å². The first-order chi connectivity index (χ1) is 12.1. The average Bonchev–Trinajstić information content (AvgIpc) is 2.62. The summed E-state index contributed by atoms with van der Waals surface area (Å²) in [6.45, 7) is 2.15. The molecule has 1 rings (SSSR count). The zero-order valence-electron chi connectivity index (χ0n) is 15.4. The second-order valence-electron chi connectivity index (χ2n) is 6.28. The van der Waals surface area contributed by atoms with Gasteiger partial charge < -0.3 is 14.9 Å². The van der Waals surface area contributed by atoms with Gasteiger partial charge in [0.2, 0.25) is 0 Å². The summed E-state index contributed by atoms with van der Waals surface area (Å²) in [5.74, 6) is -0.265. The maximum Gasteiger partial charge on any atom is 0.305 e. The lowest BCUT2D eigenvalue weighted by Crippen LogP contribution is -2.05. The van der Waals surface area contributed by atoms with Crippen molar-refractivity contribution < 1.29 is 19.7 Å². The van der Waals surface area contributed by atoms with E-state index in [0.29, 0.717) is 25.7 Å². The second kappa shape index (κ2) is 12.6. The van der Waals surface area contributed by atoms with Crippen LogP contribution in [0.3, 0.4) is 0 Å². The average molecular weight is 349 g/mol. The molecule has 5 nitrogen and oxygen atoms in total. The third-order valence-corrected chi connectivity index (χ3v) is 4.18. The molecule has 2 atom stereocenters. The summed E-state index contributed by atoms with van der Waals surface area (Å²) in [7, 11) is 1.36. The zero-order chi connectivity index (χ0) is 18.5. The van der Waals surface area contributed by atoms with Gasteiger partial charge in [0, 0.05) is 18.8 Å². The number of ether oxygens (including phenoxy) is 1. The van der Waals surface area contributed by atoms with E-state index >= 15 is 0 Å². The van der Waals surface area contributed by atoms with Gasteiger partial charge in [-0.05, 0) is 42.9 Å². The van der Waals surface area contributed by atoms with Gasteiger partial charge in [-0.3, -0.25) is 9.78 Å². The summed E-state index contributed by atoms with van der Waals surface area (Å²) in [4.78, 5) is 15.3. The van der Waals surface area contributed by atoms with Gasteiger partial charge in [-0.2, -0.15) is 0 Å². The maximum atomic E-state index is 11.1. The number of hydrogen-bond donors (Lipinski definition) is 2. The number of carbonyl (C=O) groups is 1. The van der Waals surface area contributed by atoms with Crippen LogP contribution in [-0.4, -0.2) is 34.4 Å². The summed E-state index contributed by atoms with van der Waals surface area (Å²) < 4.78 is 4.61. The van der Waals surface area contributed by atoms with Crippen LogP contribution in [0.2, 0.25) is 0 Å². The Morgan fingerprint density at radius 3 is 2.80 bits per heavy atom. The Kier molecular flexibility index (Phi) is 10.8. The molecule has 0 aromatic carbocycles. The SMILES string of the molecule is CCCCCC(O)C/C=C/c1cnccc1C(O)CCCC(=O)OC. The van der Waals surface area contributed by atoms with E-state index in [1.54, 1.807) is 18.5 Å². The first kappa shape index (κ1) is 21.3. The molecule has 1 aromatic heterocycles. The maximum absolute atomic E-state index is 11.1. The van der Waals surface area contributed by atoms with E-state index in [-0.39, 0.29) is 12.1 Å². The molecule has 5 heteroatoms. The van der Waals surface area contributed by atoms with Gasteiger partial charge in [0.25, 0.3) is 0 Å². The molecule has 0 aliphatic rings. The molecule has 1 aromatic rings. The molecule has 2 unspecified atom stereocenters. The van der Waals surface area contributed by atoms with Crippen molar-refractivity contribution >= 4 is 12.0 Å². The number of esters is 1. The number of hydrogen-bond acceptors (Lipinski definition) is 5. The fourth-order valence-electron chi connectivity index (χ4n) is 2.66. The summed E-state index contributed by atoms with van der Waals surface area (Å²) in [6, 6.07) is 1.79. The fourth-order valence-corrected chi connectivity index (χ4v) is 2.66. The largest absolute Gasteiger partial charge is 0.469 e. The molecule has 0 spiro atoms. The lowest BCUT2D eigenvalue weighted by atomic mass is 9.99. The second-order valence-corrected chi connectivity index (χ2v) is 6.28. The molecule has 0 saturated carbocycles. The highest BCUT2D eigenvalue weighted by atomic mass is 16.5. The Balaban J connectivity index is 2.54.